The Morgan fingerprint density at radius 2 is 1.95 bits per heavy atom. The molecule has 1 aromatic rings. The molecule has 1 fully saturated rings. The van der Waals surface area contributed by atoms with Crippen molar-refractivity contribution in [2.24, 2.45) is 0 Å². The van der Waals surface area contributed by atoms with Gasteiger partial charge >= 0.3 is 0 Å². The maximum Gasteiger partial charge on any atom is 0.211 e. The zero-order valence-corrected chi connectivity index (χ0v) is 11.9. The highest BCUT2D eigenvalue weighted by Crippen LogP contribution is 2.26. The number of nitrogens with zero attached hydrogens (tertiary/aromatic N) is 4. The van der Waals surface area contributed by atoms with Crippen LogP contribution in [0.25, 0.3) is 0 Å². The van der Waals surface area contributed by atoms with Gasteiger partial charge < -0.3 is 9.88 Å². The van der Waals surface area contributed by atoms with E-state index in [0.717, 1.165) is 37.6 Å². The second kappa shape index (κ2) is 4.84. The van der Waals surface area contributed by atoms with Gasteiger partial charge in [0.15, 0.2) is 0 Å². The summed E-state index contributed by atoms with van der Waals surface area (Å²) >= 11 is 0. The first-order valence-corrected chi connectivity index (χ1v) is 8.48. The quantitative estimate of drug-likeness (QED) is 0.794. The highest BCUT2D eigenvalue weighted by Gasteiger charge is 2.29. The minimum absolute atomic E-state index is 0.344. The molecule has 0 amide bonds. The molecule has 0 atom stereocenters. The first kappa shape index (κ1) is 13.0. The van der Waals surface area contributed by atoms with E-state index in [1.165, 1.54) is 10.6 Å². The summed E-state index contributed by atoms with van der Waals surface area (Å²) in [5.74, 6) is 2.25. The molecule has 0 unspecified atom stereocenters. The molecule has 1 aromatic heterocycles. The molecule has 0 bridgehead atoms. The van der Waals surface area contributed by atoms with Gasteiger partial charge in [-0.2, -0.15) is 4.31 Å². The van der Waals surface area contributed by atoms with Crippen LogP contribution in [-0.4, -0.2) is 53.4 Å². The third kappa shape index (κ3) is 2.52. The number of hydrogen-bond donors (Lipinski definition) is 1. The van der Waals surface area contributed by atoms with Crippen molar-refractivity contribution in [3.8, 4) is 0 Å². The molecule has 0 aromatic carbocycles. The molecule has 0 aliphatic carbocycles. The maximum absolute atomic E-state index is 11.6. The average molecular weight is 285 g/mol. The Kier molecular flexibility index (Phi) is 3.32. The lowest BCUT2D eigenvalue weighted by Gasteiger charge is -2.28. The van der Waals surface area contributed by atoms with Gasteiger partial charge in [0.25, 0.3) is 0 Å². The Balaban J connectivity index is 1.83. The van der Waals surface area contributed by atoms with Crippen molar-refractivity contribution in [1.29, 1.82) is 0 Å². The van der Waals surface area contributed by atoms with Gasteiger partial charge in [-0.15, -0.1) is 10.2 Å². The predicted octanol–water partition coefficient (Wildman–Crippen LogP) is -0.480. The van der Waals surface area contributed by atoms with Crippen LogP contribution in [0.1, 0.15) is 30.4 Å². The Morgan fingerprint density at radius 1 is 1.21 bits per heavy atom. The van der Waals surface area contributed by atoms with Crippen LogP contribution in [0.4, 0.5) is 0 Å². The highest BCUT2D eigenvalue weighted by molar-refractivity contribution is 7.88. The summed E-state index contributed by atoms with van der Waals surface area (Å²) in [6, 6.07) is 0. The van der Waals surface area contributed by atoms with Crippen molar-refractivity contribution in [3.63, 3.8) is 0 Å². The van der Waals surface area contributed by atoms with E-state index in [-0.39, 0.29) is 0 Å². The van der Waals surface area contributed by atoms with E-state index in [0.29, 0.717) is 25.6 Å². The Bertz CT molecular complexity index is 562. The first-order valence-electron chi connectivity index (χ1n) is 6.63. The molecule has 0 saturated carbocycles. The van der Waals surface area contributed by atoms with Gasteiger partial charge in [0.1, 0.15) is 11.6 Å². The van der Waals surface area contributed by atoms with Crippen molar-refractivity contribution in [2.45, 2.75) is 31.8 Å². The van der Waals surface area contributed by atoms with Crippen LogP contribution >= 0.6 is 0 Å². The van der Waals surface area contributed by atoms with Crippen LogP contribution in [0.3, 0.4) is 0 Å². The van der Waals surface area contributed by atoms with E-state index < -0.39 is 10.0 Å². The lowest BCUT2D eigenvalue weighted by molar-refractivity contribution is 0.326. The van der Waals surface area contributed by atoms with Gasteiger partial charge in [-0.25, -0.2) is 8.42 Å². The number of nitrogens with one attached hydrogen (secondary N) is 1. The minimum atomic E-state index is -3.14. The van der Waals surface area contributed by atoms with Crippen molar-refractivity contribution in [2.75, 3.05) is 25.9 Å². The molecule has 106 valence electrons. The van der Waals surface area contributed by atoms with Gasteiger partial charge in [0.05, 0.1) is 12.8 Å². The van der Waals surface area contributed by atoms with Crippen LogP contribution in [-0.2, 0) is 23.1 Å². The number of aromatic nitrogens is 3. The molecule has 2 aliphatic rings. The Morgan fingerprint density at radius 3 is 2.63 bits per heavy atom. The minimum Gasteiger partial charge on any atom is -0.317 e. The van der Waals surface area contributed by atoms with Gasteiger partial charge in [-0.1, -0.05) is 0 Å². The number of sulfonamides is 1. The van der Waals surface area contributed by atoms with Crippen LogP contribution in [0.2, 0.25) is 0 Å². The number of hydrogen-bond acceptors (Lipinski definition) is 5. The summed E-state index contributed by atoms with van der Waals surface area (Å²) < 4.78 is 26.7. The van der Waals surface area contributed by atoms with Gasteiger partial charge in [0, 0.05) is 19.0 Å². The van der Waals surface area contributed by atoms with Crippen molar-refractivity contribution < 1.29 is 8.42 Å². The third-order valence-corrected chi connectivity index (χ3v) is 5.17. The second-order valence-corrected chi connectivity index (χ2v) is 7.23. The number of fused-ring (bicyclic) bond motifs is 1. The zero-order valence-electron chi connectivity index (χ0n) is 11.0. The lowest BCUT2D eigenvalue weighted by Crippen LogP contribution is -2.38. The smallest absolute Gasteiger partial charge is 0.211 e. The summed E-state index contributed by atoms with van der Waals surface area (Å²) in [4.78, 5) is 0. The molecule has 2 aliphatic heterocycles. The standard InChI is InChI=1S/C11H19N5O2S/c1-19(17,18)15-6-7-16-10(8-15)13-14-11(16)9-2-4-12-5-3-9/h9,12H,2-8H2,1H3. The van der Waals surface area contributed by atoms with Crippen LogP contribution < -0.4 is 5.32 Å². The highest BCUT2D eigenvalue weighted by atomic mass is 32.2. The van der Waals surface area contributed by atoms with E-state index in [2.05, 4.69) is 20.1 Å². The largest absolute Gasteiger partial charge is 0.317 e. The van der Waals surface area contributed by atoms with Gasteiger partial charge in [-0.05, 0) is 25.9 Å². The number of rotatable bonds is 2. The van der Waals surface area contributed by atoms with Crippen molar-refractivity contribution in [3.05, 3.63) is 11.6 Å². The normalized spacial score (nSPS) is 22.4. The maximum atomic E-state index is 11.6. The Labute approximate surface area is 113 Å². The molecule has 7 nitrogen and oxygen atoms in total. The fraction of sp³-hybridized carbons (Fsp3) is 0.818. The van der Waals surface area contributed by atoms with Crippen molar-refractivity contribution in [1.82, 2.24) is 24.4 Å². The fourth-order valence-corrected chi connectivity index (χ4v) is 3.59. The zero-order chi connectivity index (χ0) is 13.5. The van der Waals surface area contributed by atoms with E-state index >= 15 is 0 Å². The van der Waals surface area contributed by atoms with E-state index in [1.54, 1.807) is 0 Å². The molecule has 0 radical (unpaired) electrons. The molecular weight excluding hydrogens is 266 g/mol. The number of piperidine rings is 1. The van der Waals surface area contributed by atoms with Gasteiger partial charge in [-0.3, -0.25) is 0 Å². The summed E-state index contributed by atoms with van der Waals surface area (Å²) in [5, 5.41) is 11.8. The van der Waals surface area contributed by atoms with Crippen LogP contribution in [0.15, 0.2) is 0 Å². The Hall–Kier alpha value is -0.990. The second-order valence-electron chi connectivity index (χ2n) is 5.25. The van der Waals surface area contributed by atoms with Crippen molar-refractivity contribution >= 4 is 10.0 Å². The summed E-state index contributed by atoms with van der Waals surface area (Å²) in [6.45, 7) is 3.55. The van der Waals surface area contributed by atoms with Gasteiger partial charge in [0.2, 0.25) is 10.0 Å². The predicted molar refractivity (Wildman–Crippen MR) is 70.1 cm³/mol. The summed E-state index contributed by atoms with van der Waals surface area (Å²) in [6.07, 6.45) is 3.40. The SMILES string of the molecule is CS(=O)(=O)N1CCn2c(nnc2C2CCNCC2)C1. The van der Waals surface area contributed by atoms with Crippen LogP contribution in [0, 0.1) is 0 Å². The summed E-state index contributed by atoms with van der Waals surface area (Å²) in [7, 11) is -3.14. The molecule has 3 rings (SSSR count). The molecule has 1 N–H and O–H groups in total. The van der Waals surface area contributed by atoms with Crippen LogP contribution in [0.5, 0.6) is 0 Å². The van der Waals surface area contributed by atoms with E-state index in [1.807, 2.05) is 0 Å². The fourth-order valence-electron chi connectivity index (χ4n) is 2.82. The summed E-state index contributed by atoms with van der Waals surface area (Å²) in [5.41, 5.74) is 0. The molecule has 0 spiro atoms. The molecule has 3 heterocycles. The van der Waals surface area contributed by atoms with E-state index in [9.17, 15) is 8.42 Å². The third-order valence-electron chi connectivity index (χ3n) is 3.92. The monoisotopic (exact) mass is 285 g/mol. The molecule has 8 heteroatoms. The lowest BCUT2D eigenvalue weighted by atomic mass is 9.97. The molecular formula is C11H19N5O2S. The molecule has 1 saturated heterocycles. The van der Waals surface area contributed by atoms with E-state index in [4.69, 9.17) is 0 Å². The topological polar surface area (TPSA) is 80.1 Å². The first-order chi connectivity index (χ1) is 9.05. The average Bonchev–Trinajstić information content (AvgIpc) is 2.81. The molecule has 19 heavy (non-hydrogen) atoms.